The van der Waals surface area contributed by atoms with Crippen molar-refractivity contribution < 1.29 is 14.3 Å². The molecule has 0 bridgehead atoms. The van der Waals surface area contributed by atoms with Crippen LogP contribution in [0.1, 0.15) is 52.7 Å². The summed E-state index contributed by atoms with van der Waals surface area (Å²) >= 11 is 0. The second-order valence-electron chi connectivity index (χ2n) is 8.23. The van der Waals surface area contributed by atoms with Crippen molar-refractivity contribution in [1.29, 1.82) is 0 Å². The average Bonchev–Trinajstić information content (AvgIpc) is 3.18. The van der Waals surface area contributed by atoms with E-state index in [2.05, 4.69) is 5.10 Å². The molecule has 0 spiro atoms. The van der Waals surface area contributed by atoms with Gasteiger partial charge in [0, 0.05) is 37.8 Å². The van der Waals surface area contributed by atoms with E-state index in [0.29, 0.717) is 42.6 Å². The van der Waals surface area contributed by atoms with Crippen LogP contribution in [0.15, 0.2) is 30.3 Å². The molecular formula is C23H30N4O3. The summed E-state index contributed by atoms with van der Waals surface area (Å²) in [4.78, 5) is 30.3. The lowest BCUT2D eigenvalue weighted by Crippen LogP contribution is -2.56. The second kappa shape index (κ2) is 8.50. The number of hydrogen-bond donors (Lipinski definition) is 0. The summed E-state index contributed by atoms with van der Waals surface area (Å²) < 4.78 is 7.05. The summed E-state index contributed by atoms with van der Waals surface area (Å²) in [6, 6.07) is 9.38. The highest BCUT2D eigenvalue weighted by molar-refractivity contribution is 5.95. The lowest BCUT2D eigenvalue weighted by Gasteiger charge is -2.47. The maximum absolute atomic E-state index is 13.3. The third-order valence-electron chi connectivity index (χ3n) is 6.35. The molecule has 0 saturated carbocycles. The first-order chi connectivity index (χ1) is 14.5. The van der Waals surface area contributed by atoms with Crippen LogP contribution in [-0.4, -0.2) is 64.2 Å². The molecular weight excluding hydrogens is 380 g/mol. The zero-order valence-electron chi connectivity index (χ0n) is 18.0. The largest absolute Gasteiger partial charge is 0.497 e. The van der Waals surface area contributed by atoms with Crippen LogP contribution in [0.4, 0.5) is 0 Å². The van der Waals surface area contributed by atoms with Gasteiger partial charge in [-0.1, -0.05) is 6.07 Å². The van der Waals surface area contributed by atoms with E-state index in [1.165, 1.54) is 0 Å². The minimum absolute atomic E-state index is 0.0375. The Morgan fingerprint density at radius 1 is 1.17 bits per heavy atom. The van der Waals surface area contributed by atoms with Gasteiger partial charge in [0.2, 0.25) is 0 Å². The molecule has 0 radical (unpaired) electrons. The minimum atomic E-state index is 0.0375. The predicted octanol–water partition coefficient (Wildman–Crippen LogP) is 2.99. The van der Waals surface area contributed by atoms with E-state index in [9.17, 15) is 9.59 Å². The summed E-state index contributed by atoms with van der Waals surface area (Å²) in [6.45, 7) is 6.73. The summed E-state index contributed by atoms with van der Waals surface area (Å²) in [6.07, 6.45) is 2.82. The number of ether oxygens (including phenoxy) is 1. The van der Waals surface area contributed by atoms with E-state index in [-0.39, 0.29) is 17.9 Å². The Morgan fingerprint density at radius 3 is 2.77 bits per heavy atom. The maximum Gasteiger partial charge on any atom is 0.272 e. The first-order valence-corrected chi connectivity index (χ1v) is 10.8. The molecule has 2 aliphatic rings. The summed E-state index contributed by atoms with van der Waals surface area (Å²) in [5.74, 6) is 1.10. The monoisotopic (exact) mass is 410 g/mol. The van der Waals surface area contributed by atoms with Gasteiger partial charge in [0.15, 0.2) is 0 Å². The minimum Gasteiger partial charge on any atom is -0.497 e. The van der Waals surface area contributed by atoms with Crippen molar-refractivity contribution in [3.05, 3.63) is 47.3 Å². The van der Waals surface area contributed by atoms with Gasteiger partial charge in [-0.05, 0) is 63.3 Å². The van der Waals surface area contributed by atoms with Crippen LogP contribution in [-0.2, 0) is 6.54 Å². The van der Waals surface area contributed by atoms with Crippen molar-refractivity contribution >= 4 is 11.8 Å². The van der Waals surface area contributed by atoms with Gasteiger partial charge in [-0.25, -0.2) is 0 Å². The zero-order chi connectivity index (χ0) is 21.3. The number of rotatable bonds is 4. The van der Waals surface area contributed by atoms with E-state index in [1.807, 2.05) is 47.9 Å². The van der Waals surface area contributed by atoms with Crippen LogP contribution in [0.25, 0.3) is 0 Å². The van der Waals surface area contributed by atoms with Gasteiger partial charge < -0.3 is 14.5 Å². The van der Waals surface area contributed by atoms with E-state index in [4.69, 9.17) is 4.74 Å². The number of fused-ring (bicyclic) bond motifs is 1. The molecule has 1 aromatic heterocycles. The van der Waals surface area contributed by atoms with Crippen LogP contribution >= 0.6 is 0 Å². The van der Waals surface area contributed by atoms with Crippen LogP contribution in [0, 0.1) is 12.8 Å². The number of methoxy groups -OCH3 is 1. The molecule has 1 aromatic carbocycles. The van der Waals surface area contributed by atoms with Crippen LogP contribution < -0.4 is 4.74 Å². The van der Waals surface area contributed by atoms with E-state index in [0.717, 1.165) is 31.5 Å². The summed E-state index contributed by atoms with van der Waals surface area (Å²) in [5, 5.41) is 4.44. The molecule has 2 aliphatic heterocycles. The van der Waals surface area contributed by atoms with Gasteiger partial charge in [0.05, 0.1) is 12.8 Å². The van der Waals surface area contributed by atoms with E-state index >= 15 is 0 Å². The Labute approximate surface area is 177 Å². The fraction of sp³-hybridized carbons (Fsp3) is 0.522. The second-order valence-corrected chi connectivity index (χ2v) is 8.23. The number of aromatic nitrogens is 2. The molecule has 2 aromatic rings. The number of hydrogen-bond acceptors (Lipinski definition) is 4. The highest BCUT2D eigenvalue weighted by Gasteiger charge is 2.40. The Hall–Kier alpha value is -2.83. The SMILES string of the molecule is CCn1nc(C)cc1C(=O)N1CCC[C@@H]2CN(C(=O)c3cccc(OC)c3)CC[C@H]21. The quantitative estimate of drug-likeness (QED) is 0.777. The molecule has 2 fully saturated rings. The Balaban J connectivity index is 1.49. The molecule has 2 amide bonds. The van der Waals surface area contributed by atoms with Gasteiger partial charge in [-0.15, -0.1) is 0 Å². The van der Waals surface area contributed by atoms with Gasteiger partial charge in [0.1, 0.15) is 11.4 Å². The molecule has 7 heteroatoms. The lowest BCUT2D eigenvalue weighted by atomic mass is 9.83. The molecule has 4 rings (SSSR count). The lowest BCUT2D eigenvalue weighted by molar-refractivity contribution is 0.0190. The summed E-state index contributed by atoms with van der Waals surface area (Å²) in [5.41, 5.74) is 2.19. The Kier molecular flexibility index (Phi) is 5.79. The number of nitrogens with zero attached hydrogens (tertiary/aromatic N) is 4. The van der Waals surface area contributed by atoms with Crippen LogP contribution in [0.3, 0.4) is 0 Å². The Morgan fingerprint density at radius 2 is 2.00 bits per heavy atom. The van der Waals surface area contributed by atoms with Crippen molar-refractivity contribution in [3.63, 3.8) is 0 Å². The van der Waals surface area contributed by atoms with E-state index in [1.54, 1.807) is 17.9 Å². The van der Waals surface area contributed by atoms with Crippen molar-refractivity contribution in [2.24, 2.45) is 5.92 Å². The third-order valence-corrected chi connectivity index (χ3v) is 6.35. The molecule has 2 saturated heterocycles. The standard InChI is InChI=1S/C23H30N4O3/c1-4-27-21(13-16(2)24-27)23(29)26-11-6-8-18-15-25(12-10-20(18)26)22(28)17-7-5-9-19(14-17)30-3/h5,7,9,13-14,18,20H,4,6,8,10-12,15H2,1-3H3/t18-,20-/m1/s1. The number of piperidine rings is 2. The first kappa shape index (κ1) is 20.4. The number of likely N-dealkylation sites (tertiary alicyclic amines) is 2. The normalized spacial score (nSPS) is 21.3. The zero-order valence-corrected chi connectivity index (χ0v) is 18.0. The topological polar surface area (TPSA) is 67.7 Å². The number of amides is 2. The summed E-state index contributed by atoms with van der Waals surface area (Å²) in [7, 11) is 1.61. The molecule has 7 nitrogen and oxygen atoms in total. The molecule has 160 valence electrons. The molecule has 0 aliphatic carbocycles. The van der Waals surface area contributed by atoms with E-state index < -0.39 is 0 Å². The van der Waals surface area contributed by atoms with Gasteiger partial charge in [-0.3, -0.25) is 14.3 Å². The molecule has 2 atom stereocenters. The van der Waals surface area contributed by atoms with Crippen molar-refractivity contribution in [1.82, 2.24) is 19.6 Å². The third kappa shape index (κ3) is 3.80. The number of aryl methyl sites for hydroxylation is 2. The number of carbonyl (C=O) groups excluding carboxylic acids is 2. The van der Waals surface area contributed by atoms with Crippen LogP contribution in [0.2, 0.25) is 0 Å². The van der Waals surface area contributed by atoms with Crippen LogP contribution in [0.5, 0.6) is 5.75 Å². The Bertz CT molecular complexity index is 938. The maximum atomic E-state index is 13.3. The van der Waals surface area contributed by atoms with Gasteiger partial charge in [0.25, 0.3) is 11.8 Å². The molecule has 30 heavy (non-hydrogen) atoms. The smallest absolute Gasteiger partial charge is 0.272 e. The van der Waals surface area contributed by atoms with Gasteiger partial charge >= 0.3 is 0 Å². The van der Waals surface area contributed by atoms with Crippen molar-refractivity contribution in [2.45, 2.75) is 45.7 Å². The fourth-order valence-corrected chi connectivity index (χ4v) is 4.88. The predicted molar refractivity (Wildman–Crippen MR) is 114 cm³/mol. The molecule has 0 N–H and O–H groups in total. The van der Waals surface area contributed by atoms with Crippen molar-refractivity contribution in [3.8, 4) is 5.75 Å². The highest BCUT2D eigenvalue weighted by Crippen LogP contribution is 2.32. The first-order valence-electron chi connectivity index (χ1n) is 10.8. The number of benzene rings is 1. The number of carbonyl (C=O) groups is 2. The van der Waals surface area contributed by atoms with Gasteiger partial charge in [-0.2, -0.15) is 5.10 Å². The average molecular weight is 411 g/mol. The highest BCUT2D eigenvalue weighted by atomic mass is 16.5. The molecule has 0 unspecified atom stereocenters. The van der Waals surface area contributed by atoms with Crippen molar-refractivity contribution in [2.75, 3.05) is 26.7 Å². The molecule has 3 heterocycles. The fourth-order valence-electron chi connectivity index (χ4n) is 4.88.